The van der Waals surface area contributed by atoms with E-state index in [1.807, 2.05) is 0 Å². The van der Waals surface area contributed by atoms with Crippen LogP contribution in [0.25, 0.3) is 0 Å². The molecule has 1 aliphatic carbocycles. The Morgan fingerprint density at radius 2 is 1.82 bits per heavy atom. The van der Waals surface area contributed by atoms with E-state index in [9.17, 15) is 20.1 Å². The lowest BCUT2D eigenvalue weighted by Gasteiger charge is -2.39. The summed E-state index contributed by atoms with van der Waals surface area (Å²) in [6.07, 6.45) is -1.65. The van der Waals surface area contributed by atoms with Crippen LogP contribution in [0.2, 0.25) is 0 Å². The number of aliphatic imine (C=N–C) groups is 1. The molecule has 1 fully saturated rings. The number of aliphatic hydroxyl groups excluding tert-OH is 3. The summed E-state index contributed by atoms with van der Waals surface area (Å²) in [5.41, 5.74) is 0.894. The third-order valence-corrected chi connectivity index (χ3v) is 4.60. The van der Waals surface area contributed by atoms with E-state index in [1.54, 1.807) is 12.1 Å². The number of aliphatic hydroxyl groups is 3. The predicted molar refractivity (Wildman–Crippen MR) is 74.3 cm³/mol. The molecule has 7 nitrogen and oxygen atoms in total. The van der Waals surface area contributed by atoms with Gasteiger partial charge in [-0.15, -0.1) is 0 Å². The molecule has 116 valence electrons. The monoisotopic (exact) mass is 305 g/mol. The van der Waals surface area contributed by atoms with Gasteiger partial charge in [0, 0.05) is 30.0 Å². The SMILES string of the molecule is O=C1N=C[C@H]2[C@H](O)[C@H](O)C[C@H](O)[C@@H]2c2cc3c(cc21)OCO3. The van der Waals surface area contributed by atoms with Gasteiger partial charge in [-0.3, -0.25) is 4.79 Å². The number of carbonyl (C=O) groups is 1. The molecule has 4 rings (SSSR count). The van der Waals surface area contributed by atoms with Crippen molar-refractivity contribution in [2.75, 3.05) is 6.79 Å². The highest BCUT2D eigenvalue weighted by molar-refractivity contribution is 6.02. The van der Waals surface area contributed by atoms with Gasteiger partial charge in [0.05, 0.1) is 18.3 Å². The zero-order chi connectivity index (χ0) is 15.4. The molecule has 22 heavy (non-hydrogen) atoms. The van der Waals surface area contributed by atoms with Crippen LogP contribution in [0.1, 0.15) is 28.3 Å². The predicted octanol–water partition coefficient (Wildman–Crippen LogP) is -0.174. The van der Waals surface area contributed by atoms with Gasteiger partial charge >= 0.3 is 0 Å². The van der Waals surface area contributed by atoms with Gasteiger partial charge in [0.1, 0.15) is 0 Å². The summed E-state index contributed by atoms with van der Waals surface area (Å²) in [7, 11) is 0. The summed E-state index contributed by atoms with van der Waals surface area (Å²) in [6.45, 7) is 0.0771. The van der Waals surface area contributed by atoms with Gasteiger partial charge in [-0.1, -0.05) is 0 Å². The van der Waals surface area contributed by atoms with Crippen molar-refractivity contribution < 1.29 is 29.6 Å². The number of rotatable bonds is 0. The smallest absolute Gasteiger partial charge is 0.277 e. The Bertz CT molecular complexity index is 672. The van der Waals surface area contributed by atoms with E-state index >= 15 is 0 Å². The van der Waals surface area contributed by atoms with Gasteiger partial charge in [0.25, 0.3) is 5.91 Å². The molecule has 0 radical (unpaired) electrons. The number of hydrogen-bond acceptors (Lipinski definition) is 6. The van der Waals surface area contributed by atoms with Crippen LogP contribution in [-0.2, 0) is 0 Å². The molecule has 1 amide bonds. The van der Waals surface area contributed by atoms with Crippen LogP contribution < -0.4 is 9.47 Å². The molecule has 0 saturated heterocycles. The molecular formula is C15H15NO6. The molecule has 5 atom stereocenters. The highest BCUT2D eigenvalue weighted by atomic mass is 16.7. The first-order valence-corrected chi connectivity index (χ1v) is 7.12. The summed E-state index contributed by atoms with van der Waals surface area (Å²) >= 11 is 0. The van der Waals surface area contributed by atoms with Crippen LogP contribution in [-0.4, -0.2) is 52.5 Å². The fourth-order valence-corrected chi connectivity index (χ4v) is 3.50. The van der Waals surface area contributed by atoms with Crippen molar-refractivity contribution in [1.29, 1.82) is 0 Å². The number of hydrogen-bond donors (Lipinski definition) is 3. The second-order valence-corrected chi connectivity index (χ2v) is 5.84. The Kier molecular flexibility index (Phi) is 2.97. The molecular weight excluding hydrogens is 290 g/mol. The van der Waals surface area contributed by atoms with Crippen molar-refractivity contribution in [3.8, 4) is 11.5 Å². The molecule has 1 aromatic carbocycles. The Hall–Kier alpha value is -1.96. The van der Waals surface area contributed by atoms with Crippen molar-refractivity contribution in [1.82, 2.24) is 0 Å². The fraction of sp³-hybridized carbons (Fsp3) is 0.467. The summed E-state index contributed by atoms with van der Waals surface area (Å²) in [4.78, 5) is 16.1. The first kappa shape index (κ1) is 13.7. The molecule has 0 spiro atoms. The number of carbonyl (C=O) groups excluding carboxylic acids is 1. The number of fused-ring (bicyclic) bond motifs is 4. The minimum Gasteiger partial charge on any atom is -0.454 e. The molecule has 2 heterocycles. The number of amides is 1. The molecule has 0 unspecified atom stereocenters. The maximum absolute atomic E-state index is 12.2. The Morgan fingerprint density at radius 1 is 1.09 bits per heavy atom. The maximum atomic E-state index is 12.2. The van der Waals surface area contributed by atoms with E-state index < -0.39 is 36.1 Å². The fourth-order valence-electron chi connectivity index (χ4n) is 3.50. The minimum absolute atomic E-state index is 0.0399. The van der Waals surface area contributed by atoms with E-state index in [0.717, 1.165) is 0 Å². The zero-order valence-electron chi connectivity index (χ0n) is 11.5. The second-order valence-electron chi connectivity index (χ2n) is 5.84. The highest BCUT2D eigenvalue weighted by Crippen LogP contribution is 2.45. The quantitative estimate of drug-likeness (QED) is 0.614. The Morgan fingerprint density at radius 3 is 2.59 bits per heavy atom. The summed E-state index contributed by atoms with van der Waals surface area (Å²) < 4.78 is 10.6. The third-order valence-electron chi connectivity index (χ3n) is 4.60. The Labute approximate surface area is 125 Å². The lowest BCUT2D eigenvalue weighted by molar-refractivity contribution is -0.0766. The van der Waals surface area contributed by atoms with Gasteiger partial charge < -0.3 is 24.8 Å². The van der Waals surface area contributed by atoms with Crippen LogP contribution in [0.15, 0.2) is 17.1 Å². The maximum Gasteiger partial charge on any atom is 0.277 e. The molecule has 1 saturated carbocycles. The van der Waals surface area contributed by atoms with Gasteiger partial charge in [0.15, 0.2) is 11.5 Å². The number of benzene rings is 1. The standard InChI is InChI=1S/C15H15NO6/c17-9-3-10(18)14(19)8-4-16-15(20)7-2-12-11(21-5-22-12)1-6(7)13(8)9/h1-2,4,8-10,13-14,17-19H,3,5H2/t8-,9+,10-,13-,14+/m1/s1. The van der Waals surface area contributed by atoms with Crippen molar-refractivity contribution >= 4 is 12.1 Å². The normalized spacial score (nSPS) is 35.8. The van der Waals surface area contributed by atoms with Gasteiger partial charge in [-0.25, -0.2) is 4.99 Å². The molecule has 7 heteroatoms. The highest BCUT2D eigenvalue weighted by Gasteiger charge is 2.45. The summed E-state index contributed by atoms with van der Waals surface area (Å²) in [6, 6.07) is 3.22. The molecule has 0 bridgehead atoms. The van der Waals surface area contributed by atoms with Crippen molar-refractivity contribution in [3.05, 3.63) is 23.3 Å². The molecule has 2 aliphatic heterocycles. The lowest BCUT2D eigenvalue weighted by Crippen LogP contribution is -2.48. The first-order chi connectivity index (χ1) is 10.6. The van der Waals surface area contributed by atoms with Gasteiger partial charge in [-0.2, -0.15) is 0 Å². The van der Waals surface area contributed by atoms with Crippen molar-refractivity contribution in [2.45, 2.75) is 30.7 Å². The van der Waals surface area contributed by atoms with E-state index in [2.05, 4.69) is 4.99 Å². The topological polar surface area (TPSA) is 109 Å². The van der Waals surface area contributed by atoms with Gasteiger partial charge in [0.2, 0.25) is 6.79 Å². The Balaban J connectivity index is 1.89. The second kappa shape index (κ2) is 4.77. The van der Waals surface area contributed by atoms with Crippen LogP contribution >= 0.6 is 0 Å². The van der Waals surface area contributed by atoms with E-state index in [1.165, 1.54) is 6.21 Å². The summed E-state index contributed by atoms with van der Waals surface area (Å²) in [5.74, 6) is -0.661. The van der Waals surface area contributed by atoms with Crippen molar-refractivity contribution in [2.24, 2.45) is 10.9 Å². The summed E-state index contributed by atoms with van der Waals surface area (Å²) in [5, 5.41) is 30.4. The minimum atomic E-state index is -1.08. The van der Waals surface area contributed by atoms with E-state index in [-0.39, 0.29) is 13.2 Å². The van der Waals surface area contributed by atoms with Gasteiger partial charge in [-0.05, 0) is 17.7 Å². The van der Waals surface area contributed by atoms with Crippen LogP contribution in [0.4, 0.5) is 0 Å². The molecule has 0 aromatic heterocycles. The van der Waals surface area contributed by atoms with Crippen LogP contribution in [0, 0.1) is 5.92 Å². The van der Waals surface area contributed by atoms with E-state index in [4.69, 9.17) is 9.47 Å². The third kappa shape index (κ3) is 1.86. The first-order valence-electron chi connectivity index (χ1n) is 7.12. The van der Waals surface area contributed by atoms with E-state index in [0.29, 0.717) is 22.6 Å². The average molecular weight is 305 g/mol. The molecule has 3 aliphatic rings. The van der Waals surface area contributed by atoms with Crippen LogP contribution in [0.5, 0.6) is 11.5 Å². The number of ether oxygens (including phenoxy) is 2. The van der Waals surface area contributed by atoms with Crippen molar-refractivity contribution in [3.63, 3.8) is 0 Å². The largest absolute Gasteiger partial charge is 0.454 e. The number of nitrogens with zero attached hydrogens (tertiary/aromatic N) is 1. The zero-order valence-corrected chi connectivity index (χ0v) is 11.5. The molecule has 1 aromatic rings. The lowest BCUT2D eigenvalue weighted by atomic mass is 9.70. The van der Waals surface area contributed by atoms with Crippen LogP contribution in [0.3, 0.4) is 0 Å². The average Bonchev–Trinajstić information content (AvgIpc) is 2.89. The molecule has 3 N–H and O–H groups in total.